The average Bonchev–Trinajstić information content (AvgIpc) is 3.22. The first-order valence-electron chi connectivity index (χ1n) is 10.9. The molecule has 5 rings (SSSR count). The first-order chi connectivity index (χ1) is 16.2. The fourth-order valence-corrected chi connectivity index (χ4v) is 4.36. The highest BCUT2D eigenvalue weighted by Gasteiger charge is 2.15. The molecule has 5 aromatic rings. The first-order valence-corrected chi connectivity index (χ1v) is 10.9. The molecule has 0 radical (unpaired) electrons. The average molecular weight is 440 g/mol. The number of aryl methyl sites for hydroxylation is 2. The Kier molecular flexibility index (Phi) is 5.48. The molecule has 33 heavy (non-hydrogen) atoms. The van der Waals surface area contributed by atoms with Crippen LogP contribution < -0.4 is 5.48 Å². The predicted molar refractivity (Wildman–Crippen MR) is 134 cm³/mol. The van der Waals surface area contributed by atoms with E-state index in [0.717, 1.165) is 50.4 Å². The molecule has 0 fully saturated rings. The number of nitrogens with one attached hydrogen (secondary N) is 2. The van der Waals surface area contributed by atoms with Gasteiger partial charge in [0.25, 0.3) is 0 Å². The Labute approximate surface area is 191 Å². The molecule has 0 spiro atoms. The minimum absolute atomic E-state index is 0.124. The number of nitrogens with zero attached hydrogens (tertiary/aromatic N) is 1. The lowest BCUT2D eigenvalue weighted by Gasteiger charge is -2.11. The molecule has 0 bridgehead atoms. The smallest absolute Gasteiger partial charge is 0.245 e. The SMILES string of the molecule is CCc1ccccc1NOC=NOCc1cc2ccc3c4ccccc4[nH]c3c2c(C)c1O. The summed E-state index contributed by atoms with van der Waals surface area (Å²) in [6, 6.07) is 22.3. The largest absolute Gasteiger partial charge is 0.507 e. The third-order valence-electron chi connectivity index (χ3n) is 6.04. The number of aromatic nitrogens is 1. The number of anilines is 1. The van der Waals surface area contributed by atoms with E-state index in [0.29, 0.717) is 5.56 Å². The van der Waals surface area contributed by atoms with Gasteiger partial charge in [-0.1, -0.05) is 60.6 Å². The second-order valence-electron chi connectivity index (χ2n) is 7.98. The number of para-hydroxylation sites is 2. The maximum atomic E-state index is 10.8. The van der Waals surface area contributed by atoms with Crippen molar-refractivity contribution in [3.05, 3.63) is 83.4 Å². The lowest BCUT2D eigenvalue weighted by molar-refractivity contribution is 0.123. The number of hydrogen-bond acceptors (Lipinski definition) is 5. The van der Waals surface area contributed by atoms with Crippen LogP contribution in [0.2, 0.25) is 0 Å². The molecule has 1 heterocycles. The summed E-state index contributed by atoms with van der Waals surface area (Å²) < 4.78 is 0. The van der Waals surface area contributed by atoms with Gasteiger partial charge in [0, 0.05) is 32.8 Å². The Balaban J connectivity index is 1.33. The van der Waals surface area contributed by atoms with Gasteiger partial charge in [-0.15, -0.1) is 0 Å². The maximum absolute atomic E-state index is 10.8. The van der Waals surface area contributed by atoms with Gasteiger partial charge in [0.15, 0.2) is 0 Å². The molecule has 0 amide bonds. The lowest BCUT2D eigenvalue weighted by atomic mass is 9.98. The van der Waals surface area contributed by atoms with Gasteiger partial charge in [0.1, 0.15) is 12.4 Å². The molecular formula is C27H25N3O3. The number of phenols is 1. The number of benzene rings is 4. The Bertz CT molecular complexity index is 1490. The number of phenolic OH excluding ortho intramolecular Hbond substituents is 1. The number of hydrogen-bond donors (Lipinski definition) is 3. The summed E-state index contributed by atoms with van der Waals surface area (Å²) in [7, 11) is 0. The molecule has 0 aliphatic rings. The highest BCUT2D eigenvalue weighted by Crippen LogP contribution is 2.37. The number of fused-ring (bicyclic) bond motifs is 5. The number of H-pyrrole nitrogens is 1. The van der Waals surface area contributed by atoms with Gasteiger partial charge in [0.05, 0.1) is 11.2 Å². The molecule has 0 atom stereocenters. The van der Waals surface area contributed by atoms with Crippen molar-refractivity contribution in [1.82, 2.24) is 4.98 Å². The Morgan fingerprint density at radius 2 is 1.82 bits per heavy atom. The van der Waals surface area contributed by atoms with Crippen molar-refractivity contribution in [3.63, 3.8) is 0 Å². The van der Waals surface area contributed by atoms with Gasteiger partial charge >= 0.3 is 0 Å². The molecule has 0 saturated heterocycles. The molecular weight excluding hydrogens is 414 g/mol. The van der Waals surface area contributed by atoms with Crippen molar-refractivity contribution in [2.45, 2.75) is 26.9 Å². The van der Waals surface area contributed by atoms with E-state index in [1.807, 2.05) is 49.4 Å². The molecule has 3 N–H and O–H groups in total. The van der Waals surface area contributed by atoms with E-state index in [-0.39, 0.29) is 12.4 Å². The first kappa shape index (κ1) is 20.7. The molecule has 0 unspecified atom stereocenters. The minimum atomic E-state index is 0.124. The van der Waals surface area contributed by atoms with Crippen LogP contribution in [0.1, 0.15) is 23.6 Å². The van der Waals surface area contributed by atoms with Crippen molar-refractivity contribution in [1.29, 1.82) is 0 Å². The van der Waals surface area contributed by atoms with Crippen molar-refractivity contribution in [2.24, 2.45) is 5.16 Å². The second-order valence-corrected chi connectivity index (χ2v) is 7.98. The topological polar surface area (TPSA) is 78.9 Å². The van der Waals surface area contributed by atoms with E-state index < -0.39 is 0 Å². The quantitative estimate of drug-likeness (QED) is 0.153. The molecule has 6 nitrogen and oxygen atoms in total. The van der Waals surface area contributed by atoms with Crippen LogP contribution in [0.3, 0.4) is 0 Å². The van der Waals surface area contributed by atoms with Crippen LogP contribution in [0.4, 0.5) is 5.69 Å². The highest BCUT2D eigenvalue weighted by molar-refractivity contribution is 6.18. The van der Waals surface area contributed by atoms with Crippen LogP contribution in [-0.4, -0.2) is 16.5 Å². The van der Waals surface area contributed by atoms with Crippen LogP contribution in [-0.2, 0) is 22.7 Å². The maximum Gasteiger partial charge on any atom is 0.245 e. The fourth-order valence-electron chi connectivity index (χ4n) is 4.36. The highest BCUT2D eigenvalue weighted by atomic mass is 16.7. The summed E-state index contributed by atoms with van der Waals surface area (Å²) in [6.07, 6.45) is 2.09. The Hall–Kier alpha value is -4.19. The predicted octanol–water partition coefficient (Wildman–Crippen LogP) is 6.55. The number of aromatic amines is 1. The summed E-state index contributed by atoms with van der Waals surface area (Å²) in [4.78, 5) is 14.1. The zero-order chi connectivity index (χ0) is 22.8. The van der Waals surface area contributed by atoms with Gasteiger partial charge < -0.3 is 19.8 Å². The van der Waals surface area contributed by atoms with E-state index in [2.05, 4.69) is 46.8 Å². The summed E-state index contributed by atoms with van der Waals surface area (Å²) in [5.74, 6) is 0.208. The fraction of sp³-hybridized carbons (Fsp3) is 0.148. The zero-order valence-corrected chi connectivity index (χ0v) is 18.6. The molecule has 0 saturated carbocycles. The minimum Gasteiger partial charge on any atom is -0.507 e. The monoisotopic (exact) mass is 439 g/mol. The normalized spacial score (nSPS) is 11.6. The lowest BCUT2D eigenvalue weighted by Crippen LogP contribution is -2.02. The zero-order valence-electron chi connectivity index (χ0n) is 18.6. The summed E-state index contributed by atoms with van der Waals surface area (Å²) >= 11 is 0. The summed E-state index contributed by atoms with van der Waals surface area (Å²) in [5, 5.41) is 19.0. The Morgan fingerprint density at radius 1 is 1.00 bits per heavy atom. The van der Waals surface area contributed by atoms with Gasteiger partial charge in [-0.3, -0.25) is 0 Å². The van der Waals surface area contributed by atoms with E-state index in [9.17, 15) is 5.11 Å². The van der Waals surface area contributed by atoms with Crippen LogP contribution in [0.15, 0.2) is 71.9 Å². The third kappa shape index (κ3) is 3.80. The van der Waals surface area contributed by atoms with Crippen molar-refractivity contribution >= 4 is 44.7 Å². The Morgan fingerprint density at radius 3 is 2.70 bits per heavy atom. The van der Waals surface area contributed by atoms with Crippen molar-refractivity contribution < 1.29 is 14.8 Å². The number of rotatable bonds is 7. The van der Waals surface area contributed by atoms with Gasteiger partial charge in [-0.2, -0.15) is 0 Å². The number of aromatic hydroxyl groups is 1. The molecule has 0 aliphatic heterocycles. The van der Waals surface area contributed by atoms with E-state index in [1.165, 1.54) is 11.8 Å². The van der Waals surface area contributed by atoms with Gasteiger partial charge in [-0.25, -0.2) is 5.48 Å². The molecule has 166 valence electrons. The molecule has 0 aliphatic carbocycles. The molecule has 4 aromatic carbocycles. The standard InChI is InChI=1S/C27H25N3O3/c1-3-18-8-4-6-10-23(18)30-33-16-28-32-15-20-14-19-12-13-22-21-9-5-7-11-24(21)29-26(22)25(19)17(2)27(20)31/h4-14,16,29-31H,3,15H2,1-2H3. The molecule has 6 heteroatoms. The van der Waals surface area contributed by atoms with Gasteiger partial charge in [0.2, 0.25) is 6.40 Å². The van der Waals surface area contributed by atoms with Crippen molar-refractivity contribution in [3.8, 4) is 5.75 Å². The van der Waals surface area contributed by atoms with Crippen LogP contribution in [0, 0.1) is 6.92 Å². The van der Waals surface area contributed by atoms with E-state index >= 15 is 0 Å². The summed E-state index contributed by atoms with van der Waals surface area (Å²) in [5.41, 5.74) is 8.46. The summed E-state index contributed by atoms with van der Waals surface area (Å²) in [6.45, 7) is 4.13. The second kappa shape index (κ2) is 8.74. The van der Waals surface area contributed by atoms with Crippen LogP contribution in [0.5, 0.6) is 5.75 Å². The van der Waals surface area contributed by atoms with E-state index in [4.69, 9.17) is 9.68 Å². The van der Waals surface area contributed by atoms with Gasteiger partial charge in [-0.05, 0) is 42.5 Å². The van der Waals surface area contributed by atoms with Crippen molar-refractivity contribution in [2.75, 3.05) is 5.48 Å². The van der Waals surface area contributed by atoms with E-state index in [1.54, 1.807) is 0 Å². The van der Waals surface area contributed by atoms with Crippen LogP contribution >= 0.6 is 0 Å². The third-order valence-corrected chi connectivity index (χ3v) is 6.04. The number of oxime groups is 1. The molecule has 1 aromatic heterocycles. The van der Waals surface area contributed by atoms with Crippen LogP contribution in [0.25, 0.3) is 32.6 Å².